The lowest BCUT2D eigenvalue weighted by atomic mass is 9.68. The molecule has 0 N–H and O–H groups in total. The zero-order chi connectivity index (χ0) is 47.3. The van der Waals surface area contributed by atoms with Crippen molar-refractivity contribution in [3.8, 4) is 22.3 Å². The van der Waals surface area contributed by atoms with Gasteiger partial charge < -0.3 is 14.2 Å². The van der Waals surface area contributed by atoms with Crippen LogP contribution in [0.3, 0.4) is 0 Å². The molecule has 0 radical (unpaired) electrons. The topological polar surface area (TPSA) is 19.6 Å². The minimum atomic E-state index is -0.497. The predicted octanol–water partition coefficient (Wildman–Crippen LogP) is 18.3. The van der Waals surface area contributed by atoms with Crippen LogP contribution in [0.2, 0.25) is 0 Å². The van der Waals surface area contributed by atoms with Gasteiger partial charge in [0.15, 0.2) is 0 Å². The van der Waals surface area contributed by atoms with E-state index in [0.29, 0.717) is 0 Å². The average molecular weight is 909 g/mol. The lowest BCUT2D eigenvalue weighted by Crippen LogP contribution is -2.28. The van der Waals surface area contributed by atoms with Gasteiger partial charge in [-0.15, -0.1) is 0 Å². The van der Waals surface area contributed by atoms with Crippen molar-refractivity contribution in [3.05, 3.63) is 288 Å². The first-order chi connectivity index (χ1) is 35.0. The molecule has 0 saturated heterocycles. The fraction of sp³-hybridized carbons (Fsp3) is 0.0588. The molecule has 336 valence electrons. The van der Waals surface area contributed by atoms with Crippen molar-refractivity contribution < 1.29 is 4.42 Å². The molecule has 2 aliphatic rings. The van der Waals surface area contributed by atoms with Gasteiger partial charge in [-0.2, -0.15) is 0 Å². The number of hydrogen-bond donors (Lipinski definition) is 0. The summed E-state index contributed by atoms with van der Waals surface area (Å²) in [7, 11) is 0. The molecule has 0 bridgehead atoms. The van der Waals surface area contributed by atoms with Gasteiger partial charge in [-0.3, -0.25) is 0 Å². The molecule has 71 heavy (non-hydrogen) atoms. The Morgan fingerprint density at radius 3 is 1.46 bits per heavy atom. The highest BCUT2D eigenvalue weighted by Crippen LogP contribution is 2.57. The SMILES string of the molecule is CC1(C)c2ccccc2-c2ccc(N(c3ccc(C4(c5ccccc5)c5ccccc5-c5ccccc54)cc3)c3ccc4c(c3)oc3cc5ccccc5c(N(c5ccccc5)c5ccccc5)c34)cc21. The van der Waals surface area contributed by atoms with Crippen LogP contribution in [0.15, 0.2) is 259 Å². The summed E-state index contributed by atoms with van der Waals surface area (Å²) in [6.45, 7) is 4.72. The molecule has 3 heteroatoms. The summed E-state index contributed by atoms with van der Waals surface area (Å²) in [4.78, 5) is 4.80. The molecule has 0 unspecified atom stereocenters. The minimum absolute atomic E-state index is 0.173. The number of hydrogen-bond acceptors (Lipinski definition) is 3. The monoisotopic (exact) mass is 908 g/mol. The van der Waals surface area contributed by atoms with E-state index in [2.05, 4.69) is 278 Å². The van der Waals surface area contributed by atoms with Crippen molar-refractivity contribution in [2.24, 2.45) is 0 Å². The van der Waals surface area contributed by atoms with E-state index < -0.39 is 5.41 Å². The highest BCUT2D eigenvalue weighted by Gasteiger charge is 2.46. The second kappa shape index (κ2) is 15.8. The summed E-state index contributed by atoms with van der Waals surface area (Å²) < 4.78 is 7.10. The van der Waals surface area contributed by atoms with Gasteiger partial charge in [0, 0.05) is 50.7 Å². The van der Waals surface area contributed by atoms with Crippen LogP contribution in [0.1, 0.15) is 47.2 Å². The van der Waals surface area contributed by atoms with Crippen LogP contribution in [-0.2, 0) is 10.8 Å². The third-order valence-corrected chi connectivity index (χ3v) is 15.5. The third-order valence-electron chi connectivity index (χ3n) is 15.5. The van der Waals surface area contributed by atoms with Crippen LogP contribution in [0.4, 0.5) is 34.1 Å². The molecule has 2 aliphatic carbocycles. The molecule has 12 aromatic rings. The van der Waals surface area contributed by atoms with Crippen molar-refractivity contribution in [2.75, 3.05) is 9.80 Å². The standard InChI is InChI=1S/C68H48N2O/c1-67(2)59-31-17-14-28-54(59)57-40-38-51(43-62(57)67)69(50-36-34-47(35-37-50)68(46-21-6-3-7-22-46)60-32-18-15-29-55(60)56-30-16-19-33-61(56)68)52-39-41-58-63(44-52)71-64-42-45-20-12-13-27-53(45)66(65(58)64)70(48-23-8-4-9-24-48)49-25-10-5-11-26-49/h3-44H,1-2H3. The van der Waals surface area contributed by atoms with Gasteiger partial charge in [-0.1, -0.05) is 196 Å². The van der Waals surface area contributed by atoms with E-state index in [9.17, 15) is 0 Å². The molecule has 0 spiro atoms. The van der Waals surface area contributed by atoms with Crippen molar-refractivity contribution in [1.29, 1.82) is 0 Å². The number of fused-ring (bicyclic) bond motifs is 10. The maximum Gasteiger partial charge on any atom is 0.138 e. The summed E-state index contributed by atoms with van der Waals surface area (Å²) in [5, 5.41) is 4.42. The molecule has 1 heterocycles. The van der Waals surface area contributed by atoms with Gasteiger partial charge >= 0.3 is 0 Å². The van der Waals surface area contributed by atoms with Crippen LogP contribution in [-0.4, -0.2) is 0 Å². The number of benzene rings is 11. The summed E-state index contributed by atoms with van der Waals surface area (Å²) in [6, 6.07) is 93.3. The van der Waals surface area contributed by atoms with Gasteiger partial charge in [-0.05, 0) is 128 Å². The van der Waals surface area contributed by atoms with Crippen LogP contribution in [0.5, 0.6) is 0 Å². The van der Waals surface area contributed by atoms with Crippen molar-refractivity contribution in [1.82, 2.24) is 0 Å². The highest BCUT2D eigenvalue weighted by molar-refractivity contribution is 6.22. The average Bonchev–Trinajstić information content (AvgIpc) is 4.03. The third kappa shape index (κ3) is 6.09. The maximum atomic E-state index is 7.10. The molecule has 0 aliphatic heterocycles. The molecular formula is C68H48N2O. The van der Waals surface area contributed by atoms with Crippen LogP contribution in [0.25, 0.3) is 55.0 Å². The number of para-hydroxylation sites is 2. The Morgan fingerprint density at radius 2 is 0.803 bits per heavy atom. The molecule has 1 aromatic heterocycles. The Balaban J connectivity index is 0.983. The van der Waals surface area contributed by atoms with E-state index in [1.165, 1.54) is 55.6 Å². The molecule has 11 aromatic carbocycles. The fourth-order valence-electron chi connectivity index (χ4n) is 12.3. The van der Waals surface area contributed by atoms with Crippen molar-refractivity contribution in [2.45, 2.75) is 24.7 Å². The first kappa shape index (κ1) is 41.1. The van der Waals surface area contributed by atoms with Crippen molar-refractivity contribution >= 4 is 66.8 Å². The largest absolute Gasteiger partial charge is 0.456 e. The Kier molecular flexibility index (Phi) is 9.15. The van der Waals surface area contributed by atoms with Crippen LogP contribution < -0.4 is 9.80 Å². The highest BCUT2D eigenvalue weighted by atomic mass is 16.3. The molecule has 14 rings (SSSR count). The van der Waals surface area contributed by atoms with Crippen molar-refractivity contribution in [3.63, 3.8) is 0 Å². The van der Waals surface area contributed by atoms with E-state index in [0.717, 1.165) is 66.8 Å². The van der Waals surface area contributed by atoms with Gasteiger partial charge in [-0.25, -0.2) is 0 Å². The number of anilines is 6. The second-order valence-electron chi connectivity index (χ2n) is 19.6. The fourth-order valence-corrected chi connectivity index (χ4v) is 12.3. The normalized spacial score (nSPS) is 13.7. The minimum Gasteiger partial charge on any atom is -0.456 e. The summed E-state index contributed by atoms with van der Waals surface area (Å²) in [5.74, 6) is 0. The first-order valence-electron chi connectivity index (χ1n) is 24.7. The Labute approximate surface area is 414 Å². The molecule has 3 nitrogen and oxygen atoms in total. The van der Waals surface area contributed by atoms with Crippen LogP contribution in [0, 0.1) is 0 Å². The lowest BCUT2D eigenvalue weighted by Gasteiger charge is -2.34. The van der Waals surface area contributed by atoms with Gasteiger partial charge in [0.2, 0.25) is 0 Å². The van der Waals surface area contributed by atoms with Gasteiger partial charge in [0.1, 0.15) is 11.2 Å². The Morgan fingerprint density at radius 1 is 0.324 bits per heavy atom. The molecule has 0 fully saturated rings. The zero-order valence-electron chi connectivity index (χ0n) is 39.6. The van der Waals surface area contributed by atoms with E-state index >= 15 is 0 Å². The first-order valence-corrected chi connectivity index (χ1v) is 24.7. The number of nitrogens with zero attached hydrogens (tertiary/aromatic N) is 2. The second-order valence-corrected chi connectivity index (χ2v) is 19.6. The Hall–Kier alpha value is -8.92. The summed E-state index contributed by atoms with van der Waals surface area (Å²) in [6.07, 6.45) is 0. The Bertz CT molecular complexity index is 3940. The number of furan rings is 1. The molecule has 0 saturated carbocycles. The smallest absolute Gasteiger partial charge is 0.138 e. The summed E-state index contributed by atoms with van der Waals surface area (Å²) in [5.41, 5.74) is 20.4. The van der Waals surface area contributed by atoms with Gasteiger partial charge in [0.25, 0.3) is 0 Å². The van der Waals surface area contributed by atoms with E-state index in [-0.39, 0.29) is 5.41 Å². The molecule has 0 atom stereocenters. The van der Waals surface area contributed by atoms with Crippen LogP contribution >= 0.6 is 0 Å². The lowest BCUT2D eigenvalue weighted by molar-refractivity contribution is 0.660. The molecular weight excluding hydrogens is 861 g/mol. The zero-order valence-corrected chi connectivity index (χ0v) is 39.6. The van der Waals surface area contributed by atoms with E-state index in [1.54, 1.807) is 0 Å². The quantitative estimate of drug-likeness (QED) is 0.151. The molecule has 0 amide bonds. The van der Waals surface area contributed by atoms with E-state index in [1.807, 2.05) is 0 Å². The van der Waals surface area contributed by atoms with Gasteiger partial charge in [0.05, 0.1) is 16.5 Å². The number of rotatable bonds is 8. The maximum absolute atomic E-state index is 7.10. The summed E-state index contributed by atoms with van der Waals surface area (Å²) >= 11 is 0. The van der Waals surface area contributed by atoms with E-state index in [4.69, 9.17) is 4.42 Å². The predicted molar refractivity (Wildman–Crippen MR) is 295 cm³/mol.